The number of hydrazine groups is 1. The van der Waals surface area contributed by atoms with Gasteiger partial charge < -0.3 is 14.5 Å². The Kier molecular flexibility index (Phi) is 17.2. The quantitative estimate of drug-likeness (QED) is 0.0967. The number of thiocarbonyl (C=S) groups is 1. The molecule has 0 amide bonds. The summed E-state index contributed by atoms with van der Waals surface area (Å²) in [5.74, 6) is 5.88. The maximum Gasteiger partial charge on any atom is 0.337 e. The number of rotatable bonds is 18. The Hall–Kier alpha value is -3.26. The number of nitrogens with two attached hydrogens (primary N) is 1. The Labute approximate surface area is 291 Å². The highest BCUT2D eigenvalue weighted by Gasteiger charge is 2.33. The number of hydrogen-bond donors (Lipinski definition) is 2. The van der Waals surface area contributed by atoms with Gasteiger partial charge in [0.05, 0.1) is 17.7 Å². The van der Waals surface area contributed by atoms with Crippen molar-refractivity contribution in [1.29, 1.82) is 0 Å². The molecule has 1 atom stereocenters. The van der Waals surface area contributed by atoms with Crippen LogP contribution in [0.2, 0.25) is 0 Å². The van der Waals surface area contributed by atoms with Gasteiger partial charge in [0.2, 0.25) is 0 Å². The van der Waals surface area contributed by atoms with E-state index in [-0.39, 0.29) is 37.6 Å². The van der Waals surface area contributed by atoms with Crippen molar-refractivity contribution in [2.45, 2.75) is 125 Å². The van der Waals surface area contributed by atoms with Crippen LogP contribution in [0.15, 0.2) is 50.8 Å². The summed E-state index contributed by atoms with van der Waals surface area (Å²) < 4.78 is 13.3. The van der Waals surface area contributed by atoms with Crippen molar-refractivity contribution in [1.82, 2.24) is 19.1 Å². The Morgan fingerprint density at radius 3 is 1.71 bits per heavy atom. The van der Waals surface area contributed by atoms with Gasteiger partial charge in [0, 0.05) is 13.2 Å². The number of Topliss-reactive ketones (excluding diaryl/α,β-unsaturated/α-hetero) is 2. The number of H-pyrrole nitrogens is 1. The monoisotopic (exact) mass is 693 g/mol. The van der Waals surface area contributed by atoms with Crippen molar-refractivity contribution in [3.05, 3.63) is 67.9 Å². The van der Waals surface area contributed by atoms with Gasteiger partial charge in [0.25, 0.3) is 0 Å². The molecule has 3 N–H and O–H groups in total. The Bertz CT molecular complexity index is 1530. The van der Waals surface area contributed by atoms with Crippen LogP contribution in [0.3, 0.4) is 0 Å². The number of ketones is 2. The van der Waals surface area contributed by atoms with Crippen molar-refractivity contribution in [3.63, 3.8) is 0 Å². The fraction of sp³-hybridized carbons (Fsp3) is 0.657. The molecule has 0 saturated carbocycles. The number of nitrogens with one attached hydrogen (secondary N) is 1. The van der Waals surface area contributed by atoms with Gasteiger partial charge in [-0.25, -0.2) is 29.4 Å². The van der Waals surface area contributed by atoms with Crippen molar-refractivity contribution in [3.8, 4) is 0 Å². The highest BCUT2D eigenvalue weighted by atomic mass is 32.1. The average Bonchev–Trinajstić information content (AvgIpc) is 2.93. The number of carbonyl (C=O) groups excluding carboxylic acids is 2. The van der Waals surface area contributed by atoms with Gasteiger partial charge in [0.15, 0.2) is 11.6 Å². The highest BCUT2D eigenvalue weighted by molar-refractivity contribution is 7.80. The third-order valence-electron chi connectivity index (χ3n) is 7.77. The molecule has 1 heterocycles. The molecule has 0 aliphatic carbocycles. The van der Waals surface area contributed by atoms with E-state index < -0.39 is 39.9 Å². The minimum atomic E-state index is -1.11. The lowest BCUT2D eigenvalue weighted by Crippen LogP contribution is -2.59. The molecule has 0 aromatic carbocycles. The molecule has 0 radical (unpaired) electrons. The van der Waals surface area contributed by atoms with Crippen LogP contribution in [0.1, 0.15) is 102 Å². The van der Waals surface area contributed by atoms with Crippen molar-refractivity contribution in [2.75, 3.05) is 19.8 Å². The summed E-state index contributed by atoms with van der Waals surface area (Å²) in [7, 11) is 0. The molecule has 0 bridgehead atoms. The molecule has 1 rings (SSSR count). The number of aromatic amines is 1. The zero-order valence-electron chi connectivity index (χ0n) is 31.2. The number of carbonyl (C=O) groups is 2. The van der Waals surface area contributed by atoms with Crippen LogP contribution in [-0.2, 0) is 30.1 Å². The zero-order valence-corrected chi connectivity index (χ0v) is 32.0. The molecule has 0 saturated heterocycles. The molecule has 0 aliphatic rings. The summed E-state index contributed by atoms with van der Waals surface area (Å²) in [6.07, 6.45) is 0.792. The molecule has 12 nitrogen and oxygen atoms in total. The van der Waals surface area contributed by atoms with E-state index >= 15 is 0 Å². The molecule has 1 unspecified atom stereocenters. The molecule has 48 heavy (non-hydrogen) atoms. The first-order valence-electron chi connectivity index (χ1n) is 16.1. The summed E-state index contributed by atoms with van der Waals surface area (Å²) in [4.78, 5) is 66.0. The van der Waals surface area contributed by atoms with Crippen LogP contribution >= 0.6 is 12.2 Å². The van der Waals surface area contributed by atoms with Crippen molar-refractivity contribution >= 4 is 28.8 Å². The summed E-state index contributed by atoms with van der Waals surface area (Å²) in [5, 5.41) is 1.59. The van der Waals surface area contributed by atoms with E-state index in [1.54, 1.807) is 67.3 Å². The second kappa shape index (κ2) is 18.5. The fourth-order valence-corrected chi connectivity index (χ4v) is 4.65. The molecule has 1 aromatic heterocycles. The van der Waals surface area contributed by atoms with E-state index in [1.165, 1.54) is 0 Å². The first-order chi connectivity index (χ1) is 21.7. The van der Waals surface area contributed by atoms with Gasteiger partial charge in [-0.1, -0.05) is 45.8 Å². The normalized spacial score (nSPS) is 12.5. The second-order valence-corrected chi connectivity index (χ2v) is 14.8. The van der Waals surface area contributed by atoms with Crippen LogP contribution < -0.4 is 22.9 Å². The van der Waals surface area contributed by atoms with Crippen LogP contribution in [0.5, 0.6) is 0 Å². The summed E-state index contributed by atoms with van der Waals surface area (Å²) in [5.41, 5.74) is -4.04. The number of aromatic nitrogens is 3. The SMILES string of the molecule is C=C(C)C(=O)C(C)OCCC(C)(C)n1c(=O)[nH]c(=O)n(C(C)(C)CCOC(C)(C)C(=O)C(=C)C)c1=O.C=C(C)C(=S)N(N)CCC(C)C. The molecule has 0 fully saturated rings. The Balaban J connectivity index is 0.00000155. The van der Waals surface area contributed by atoms with E-state index in [0.29, 0.717) is 22.1 Å². The average molecular weight is 694 g/mol. The van der Waals surface area contributed by atoms with E-state index in [4.69, 9.17) is 27.5 Å². The lowest BCUT2D eigenvalue weighted by Gasteiger charge is -2.32. The van der Waals surface area contributed by atoms with Gasteiger partial charge in [-0.2, -0.15) is 0 Å². The minimum Gasteiger partial charge on any atom is -0.370 e. The van der Waals surface area contributed by atoms with E-state index in [9.17, 15) is 24.0 Å². The van der Waals surface area contributed by atoms with Crippen LogP contribution in [-0.4, -0.2) is 67.1 Å². The summed E-state index contributed by atoms with van der Waals surface area (Å²) in [6, 6.07) is 0. The van der Waals surface area contributed by atoms with Gasteiger partial charge in [-0.15, -0.1) is 0 Å². The number of ether oxygens (including phenoxy) is 2. The van der Waals surface area contributed by atoms with Gasteiger partial charge in [-0.3, -0.25) is 14.6 Å². The van der Waals surface area contributed by atoms with Crippen LogP contribution in [0.25, 0.3) is 0 Å². The smallest absolute Gasteiger partial charge is 0.337 e. The minimum absolute atomic E-state index is 0.0793. The molecular formula is C35H59N5O7S. The third-order valence-corrected chi connectivity index (χ3v) is 8.35. The standard InChI is InChI=1S/C26H41N3O7.C9H18N2S/c1-16(2)19(30)18(5)35-14-12-24(6,7)28-21(32)27-22(33)29(23(28)34)25(8,9)13-15-36-26(10,11)20(31)17(3)4;1-7(2)5-6-11(10)9(12)8(3)4/h18H,1,3,12-15H2,2,4-11H3,(H,27,32,33);7H,3,5-6,10H2,1-2,4H3. The largest absolute Gasteiger partial charge is 0.370 e. The fourth-order valence-electron chi connectivity index (χ4n) is 4.56. The Morgan fingerprint density at radius 2 is 1.31 bits per heavy atom. The van der Waals surface area contributed by atoms with Gasteiger partial charge in [-0.05, 0) is 111 Å². The van der Waals surface area contributed by atoms with Crippen molar-refractivity contribution < 1.29 is 19.1 Å². The zero-order chi connectivity index (χ0) is 37.9. The lowest BCUT2D eigenvalue weighted by molar-refractivity contribution is -0.137. The van der Waals surface area contributed by atoms with E-state index in [2.05, 4.69) is 38.6 Å². The summed E-state index contributed by atoms with van der Waals surface area (Å²) >= 11 is 5.05. The highest BCUT2D eigenvalue weighted by Crippen LogP contribution is 2.22. The topological polar surface area (TPSA) is 159 Å². The molecule has 0 aliphatic heterocycles. The second-order valence-electron chi connectivity index (χ2n) is 14.4. The first kappa shape index (κ1) is 44.7. The Morgan fingerprint density at radius 1 is 0.854 bits per heavy atom. The van der Waals surface area contributed by atoms with Gasteiger partial charge in [0.1, 0.15) is 16.7 Å². The van der Waals surface area contributed by atoms with Crippen molar-refractivity contribution in [2.24, 2.45) is 11.8 Å². The number of hydrogen-bond acceptors (Lipinski definition) is 9. The summed E-state index contributed by atoms with van der Waals surface area (Å²) in [6.45, 7) is 33.0. The lowest BCUT2D eigenvalue weighted by atomic mass is 9.97. The molecule has 272 valence electrons. The molecule has 0 spiro atoms. The molecule has 13 heteroatoms. The predicted molar refractivity (Wildman–Crippen MR) is 196 cm³/mol. The first-order valence-corrected chi connectivity index (χ1v) is 16.5. The molecular weight excluding hydrogens is 634 g/mol. The van der Waals surface area contributed by atoms with E-state index in [0.717, 1.165) is 27.7 Å². The number of nitrogens with zero attached hydrogens (tertiary/aromatic N) is 3. The maximum atomic E-state index is 13.4. The predicted octanol–water partition coefficient (Wildman–Crippen LogP) is 4.55. The van der Waals surface area contributed by atoms with Crippen LogP contribution in [0, 0.1) is 5.92 Å². The van der Waals surface area contributed by atoms with Crippen LogP contribution in [0.4, 0.5) is 0 Å². The third kappa shape index (κ3) is 13.3. The van der Waals surface area contributed by atoms with Gasteiger partial charge >= 0.3 is 17.1 Å². The maximum absolute atomic E-state index is 13.4. The molecule has 1 aromatic rings. The van der Waals surface area contributed by atoms with E-state index in [1.807, 2.05) is 6.92 Å².